The van der Waals surface area contributed by atoms with E-state index in [9.17, 15) is 5.11 Å². The van der Waals surface area contributed by atoms with E-state index in [1.165, 1.54) is 5.56 Å². The molecule has 0 bridgehead atoms. The molecule has 2 aromatic carbocycles. The molecule has 26 heavy (non-hydrogen) atoms. The second-order valence-electron chi connectivity index (χ2n) is 6.59. The molecule has 2 aromatic rings. The van der Waals surface area contributed by atoms with Gasteiger partial charge in [-0.2, -0.15) is 0 Å². The van der Waals surface area contributed by atoms with Crippen molar-refractivity contribution in [1.82, 2.24) is 0 Å². The van der Waals surface area contributed by atoms with Crippen LogP contribution < -0.4 is 18.9 Å². The fourth-order valence-electron chi connectivity index (χ4n) is 2.93. The maximum Gasteiger partial charge on any atom is 0.231 e. The largest absolute Gasteiger partial charge is 0.454 e. The highest BCUT2D eigenvalue weighted by atomic mass is 16.7. The lowest BCUT2D eigenvalue weighted by Crippen LogP contribution is -2.03. The molecule has 2 atom stereocenters. The summed E-state index contributed by atoms with van der Waals surface area (Å²) in [6.07, 6.45) is 1.74. The van der Waals surface area contributed by atoms with Crippen molar-refractivity contribution in [2.75, 3.05) is 20.2 Å². The maximum atomic E-state index is 9.18. The third kappa shape index (κ3) is 4.20. The van der Waals surface area contributed by atoms with Crippen molar-refractivity contribution in [3.05, 3.63) is 47.5 Å². The molecule has 138 valence electrons. The first-order valence-electron chi connectivity index (χ1n) is 8.74. The third-order valence-corrected chi connectivity index (χ3v) is 4.27. The fourth-order valence-corrected chi connectivity index (χ4v) is 2.93. The van der Waals surface area contributed by atoms with E-state index in [2.05, 4.69) is 6.07 Å². The van der Waals surface area contributed by atoms with Crippen molar-refractivity contribution in [3.8, 4) is 23.0 Å². The Hall–Kier alpha value is -2.44. The highest BCUT2D eigenvalue weighted by Crippen LogP contribution is 2.34. The van der Waals surface area contributed by atoms with Gasteiger partial charge in [0.25, 0.3) is 0 Å². The highest BCUT2D eigenvalue weighted by molar-refractivity contribution is 5.45. The number of aliphatic hydroxyl groups excluding tert-OH is 1. The predicted octanol–water partition coefficient (Wildman–Crippen LogP) is 2.70. The molecule has 0 spiro atoms. The zero-order valence-electron chi connectivity index (χ0n) is 14.6. The highest BCUT2D eigenvalue weighted by Gasteiger charge is 2.23. The summed E-state index contributed by atoms with van der Waals surface area (Å²) in [5.41, 5.74) is 2.33. The second kappa shape index (κ2) is 7.43. The zero-order chi connectivity index (χ0) is 17.9. The molecular formula is C20H22O6. The zero-order valence-corrected chi connectivity index (χ0v) is 14.6. The quantitative estimate of drug-likeness (QED) is 0.848. The minimum absolute atomic E-state index is 0.299. The van der Waals surface area contributed by atoms with E-state index in [1.54, 1.807) is 6.92 Å². The van der Waals surface area contributed by atoms with Crippen LogP contribution in [0.2, 0.25) is 0 Å². The molecule has 3 aliphatic rings. The summed E-state index contributed by atoms with van der Waals surface area (Å²) in [6, 6.07) is 11.8. The van der Waals surface area contributed by atoms with Gasteiger partial charge in [0.2, 0.25) is 13.6 Å². The molecule has 3 aliphatic heterocycles. The number of ether oxygens (including phenoxy) is 5. The van der Waals surface area contributed by atoms with Gasteiger partial charge in [0.05, 0.1) is 18.8 Å². The molecule has 0 radical (unpaired) electrons. The first-order valence-corrected chi connectivity index (χ1v) is 8.74. The third-order valence-electron chi connectivity index (χ3n) is 4.27. The first-order chi connectivity index (χ1) is 12.7. The van der Waals surface area contributed by atoms with E-state index < -0.39 is 0 Å². The van der Waals surface area contributed by atoms with Gasteiger partial charge in [-0.25, -0.2) is 0 Å². The summed E-state index contributed by atoms with van der Waals surface area (Å²) in [5, 5.41) is 9.18. The number of epoxide rings is 1. The predicted molar refractivity (Wildman–Crippen MR) is 94.0 cm³/mol. The van der Waals surface area contributed by atoms with Crippen LogP contribution in [0, 0.1) is 0 Å². The number of hydrogen-bond acceptors (Lipinski definition) is 6. The molecule has 0 aromatic heterocycles. The minimum Gasteiger partial charge on any atom is -0.454 e. The molecule has 2 unspecified atom stereocenters. The first kappa shape index (κ1) is 17.0. The van der Waals surface area contributed by atoms with Gasteiger partial charge in [0, 0.05) is 6.42 Å². The Morgan fingerprint density at radius 1 is 0.885 bits per heavy atom. The Morgan fingerprint density at radius 3 is 2.00 bits per heavy atom. The molecule has 3 heterocycles. The normalized spacial score (nSPS) is 19.5. The molecule has 6 nitrogen and oxygen atoms in total. The standard InChI is InChI=1S/C10H10O3.C10H12O3/c1-2-9-10(13-6-12-9)4-7(1)3-8-5-11-8;1-7(11)4-8-2-3-9-10(5-8)13-6-12-9/h1-2,4,8H,3,5-6H2;2-3,5,7,11H,4,6H2,1H3. The van der Waals surface area contributed by atoms with Crippen molar-refractivity contribution in [2.45, 2.75) is 32.0 Å². The summed E-state index contributed by atoms with van der Waals surface area (Å²) in [5.74, 6) is 3.27. The van der Waals surface area contributed by atoms with Gasteiger partial charge in [-0.3, -0.25) is 0 Å². The molecule has 1 saturated heterocycles. The molecule has 0 amide bonds. The lowest BCUT2D eigenvalue weighted by molar-refractivity contribution is 0.173. The molecule has 5 rings (SSSR count). The van der Waals surface area contributed by atoms with E-state index in [0.29, 0.717) is 26.1 Å². The molecule has 6 heteroatoms. The Kier molecular flexibility index (Phi) is 4.86. The van der Waals surface area contributed by atoms with Crippen LogP contribution in [0.25, 0.3) is 0 Å². The van der Waals surface area contributed by atoms with Crippen LogP contribution in [0.15, 0.2) is 36.4 Å². The van der Waals surface area contributed by atoms with Gasteiger partial charge in [0.15, 0.2) is 23.0 Å². The molecule has 0 aliphatic carbocycles. The molecular weight excluding hydrogens is 336 g/mol. The van der Waals surface area contributed by atoms with Crippen molar-refractivity contribution in [3.63, 3.8) is 0 Å². The van der Waals surface area contributed by atoms with Crippen LogP contribution >= 0.6 is 0 Å². The van der Waals surface area contributed by atoms with Gasteiger partial charge < -0.3 is 28.8 Å². The van der Waals surface area contributed by atoms with Crippen LogP contribution in [0.3, 0.4) is 0 Å². The number of benzene rings is 2. The van der Waals surface area contributed by atoms with E-state index >= 15 is 0 Å². The minimum atomic E-state index is -0.319. The summed E-state index contributed by atoms with van der Waals surface area (Å²) < 4.78 is 26.0. The van der Waals surface area contributed by atoms with Gasteiger partial charge in [-0.05, 0) is 48.7 Å². The van der Waals surface area contributed by atoms with Crippen molar-refractivity contribution in [1.29, 1.82) is 0 Å². The van der Waals surface area contributed by atoms with Gasteiger partial charge in [0.1, 0.15) is 0 Å². The average Bonchev–Trinajstić information content (AvgIpc) is 3.11. The fraction of sp³-hybridized carbons (Fsp3) is 0.400. The SMILES string of the molecule is CC(O)Cc1ccc2c(c1)OCO2.c1cc2c(cc1CC1CO1)OCO2. The van der Waals surface area contributed by atoms with Gasteiger partial charge >= 0.3 is 0 Å². The number of fused-ring (bicyclic) bond motifs is 2. The number of hydrogen-bond donors (Lipinski definition) is 1. The van der Waals surface area contributed by atoms with E-state index in [1.807, 2.05) is 30.3 Å². The second-order valence-corrected chi connectivity index (χ2v) is 6.59. The van der Waals surface area contributed by atoms with Crippen molar-refractivity contribution < 1.29 is 28.8 Å². The Bertz CT molecular complexity index is 711. The Morgan fingerprint density at radius 2 is 1.42 bits per heavy atom. The topological polar surface area (TPSA) is 69.7 Å². The van der Waals surface area contributed by atoms with Gasteiger partial charge in [-0.1, -0.05) is 12.1 Å². The summed E-state index contributed by atoms with van der Waals surface area (Å²) in [4.78, 5) is 0. The maximum absolute atomic E-state index is 9.18. The van der Waals surface area contributed by atoms with E-state index in [-0.39, 0.29) is 6.10 Å². The summed E-state index contributed by atoms with van der Waals surface area (Å²) in [6.45, 7) is 3.31. The van der Waals surface area contributed by atoms with Crippen LogP contribution in [0.1, 0.15) is 18.1 Å². The monoisotopic (exact) mass is 358 g/mol. The van der Waals surface area contributed by atoms with E-state index in [4.69, 9.17) is 23.7 Å². The lowest BCUT2D eigenvalue weighted by atomic mass is 10.1. The number of aliphatic hydroxyl groups is 1. The van der Waals surface area contributed by atoms with Crippen molar-refractivity contribution >= 4 is 0 Å². The Labute approximate surface area is 152 Å². The molecule has 1 fully saturated rings. The van der Waals surface area contributed by atoms with E-state index in [0.717, 1.165) is 41.6 Å². The Balaban J connectivity index is 0.000000129. The van der Waals surface area contributed by atoms with Crippen LogP contribution in [-0.4, -0.2) is 37.5 Å². The summed E-state index contributed by atoms with van der Waals surface area (Å²) in [7, 11) is 0. The number of rotatable bonds is 4. The van der Waals surface area contributed by atoms with Gasteiger partial charge in [-0.15, -0.1) is 0 Å². The van der Waals surface area contributed by atoms with Crippen LogP contribution in [0.4, 0.5) is 0 Å². The molecule has 0 saturated carbocycles. The lowest BCUT2D eigenvalue weighted by Gasteiger charge is -2.04. The average molecular weight is 358 g/mol. The van der Waals surface area contributed by atoms with Crippen molar-refractivity contribution in [2.24, 2.45) is 0 Å². The van der Waals surface area contributed by atoms with Crippen LogP contribution in [-0.2, 0) is 17.6 Å². The molecule has 1 N–H and O–H groups in total. The smallest absolute Gasteiger partial charge is 0.231 e. The van der Waals surface area contributed by atoms with Crippen LogP contribution in [0.5, 0.6) is 23.0 Å². The summed E-state index contributed by atoms with van der Waals surface area (Å²) >= 11 is 0.